The van der Waals surface area contributed by atoms with Gasteiger partial charge in [-0.1, -0.05) is 335 Å². The van der Waals surface area contributed by atoms with Crippen molar-refractivity contribution in [3.8, 4) is 0 Å². The SMILES string of the molecule is CC(C)(C)CCCOP(=O)(OCCCC(C)(C)C)OCCCC(C)(C)C.O=P(O[Si](c1ccccc1)(c1ccccc1)c1ccccc1)(O[Si](c1ccccc1)(c1ccccc1)c1ccccc1)O[Si](c1ccccc1)(c1ccccc1)c1ccccc1. The first kappa shape index (κ1) is 67.8. The fourth-order valence-electron chi connectivity index (χ4n) is 11.0. The summed E-state index contributed by atoms with van der Waals surface area (Å²) in [4.78, 5) is 0. The van der Waals surface area contributed by atoms with Crippen molar-refractivity contribution < 1.29 is 35.3 Å². The Morgan fingerprint density at radius 1 is 0.250 bits per heavy atom. The third-order valence-corrected chi connectivity index (χ3v) is 33.1. The van der Waals surface area contributed by atoms with Gasteiger partial charge in [-0.3, -0.25) is 13.6 Å². The predicted octanol–water partition coefficient (Wildman–Crippen LogP) is 14.8. The molecule has 9 aromatic carbocycles. The summed E-state index contributed by atoms with van der Waals surface area (Å²) >= 11 is 0. The molecule has 460 valence electrons. The Kier molecular flexibility index (Phi) is 23.9. The van der Waals surface area contributed by atoms with Crippen molar-refractivity contribution in [2.45, 2.75) is 101 Å². The van der Waals surface area contributed by atoms with Gasteiger partial charge in [-0.25, -0.2) is 9.13 Å². The van der Waals surface area contributed by atoms with E-state index in [0.29, 0.717) is 19.8 Å². The molecule has 0 bridgehead atoms. The molecule has 0 aliphatic carbocycles. The molecule has 0 unspecified atom stereocenters. The van der Waals surface area contributed by atoms with E-state index in [2.05, 4.69) is 172 Å². The van der Waals surface area contributed by atoms with Crippen LogP contribution in [0.25, 0.3) is 0 Å². The van der Waals surface area contributed by atoms with Crippen LogP contribution in [0.5, 0.6) is 0 Å². The molecular weight excluding hydrogens is 1180 g/mol. The van der Waals surface area contributed by atoms with Gasteiger partial charge in [0.05, 0.1) is 19.8 Å². The van der Waals surface area contributed by atoms with E-state index < -0.39 is 40.6 Å². The zero-order chi connectivity index (χ0) is 62.6. The van der Waals surface area contributed by atoms with Gasteiger partial charge < -0.3 is 12.6 Å². The summed E-state index contributed by atoms with van der Waals surface area (Å²) in [6.45, 7) is 21.0. The molecule has 8 nitrogen and oxygen atoms in total. The standard InChI is InChI=1S/C54H45O4PSi3.C21H45O4P/c55-59(56-60(46-28-10-1-11-29-46,47-30-12-2-13-31-47)48-32-14-3-15-33-48,57-61(49-34-16-4-17-35-49,50-36-18-5-19-37-50)51-38-20-6-21-39-51)58-62(52-40-22-7-23-41-52,53-42-24-8-25-43-53)54-44-26-9-27-45-54;1-19(2,3)13-10-16-23-26(22,24-17-11-14-20(4,5)6)25-18-12-15-21(7,8)9/h1-45H;10-18H2,1-9H3. The number of hydrogen-bond donors (Lipinski definition) is 0. The highest BCUT2D eigenvalue weighted by Crippen LogP contribution is 2.56. The summed E-state index contributed by atoms with van der Waals surface area (Å²) in [6.07, 6.45) is 5.60. The number of rotatable bonds is 27. The van der Waals surface area contributed by atoms with E-state index in [4.69, 9.17) is 26.2 Å². The van der Waals surface area contributed by atoms with Crippen molar-refractivity contribution >= 4 is 87.3 Å². The monoisotopic (exact) mass is 1260 g/mol. The molecular formula is C75H90O8P2Si3. The normalized spacial score (nSPS) is 12.7. The summed E-state index contributed by atoms with van der Waals surface area (Å²) in [6, 6.07) is 91.9. The van der Waals surface area contributed by atoms with Gasteiger partial charge in [-0.2, -0.15) is 0 Å². The van der Waals surface area contributed by atoms with E-state index in [1.54, 1.807) is 0 Å². The van der Waals surface area contributed by atoms with Gasteiger partial charge in [-0.15, -0.1) is 0 Å². The molecule has 0 aromatic heterocycles. The summed E-state index contributed by atoms with van der Waals surface area (Å²) in [7, 11) is -19.9. The Balaban J connectivity index is 0.000000327. The maximum Gasteiger partial charge on any atom is 0.474 e. The number of phosphoric ester groups is 1. The summed E-state index contributed by atoms with van der Waals surface area (Å²) in [5.74, 6) is 0. The molecule has 0 aliphatic rings. The van der Waals surface area contributed by atoms with E-state index in [-0.39, 0.29) is 16.2 Å². The highest BCUT2D eigenvalue weighted by Gasteiger charge is 2.59. The van der Waals surface area contributed by atoms with Crippen LogP contribution < -0.4 is 46.7 Å². The molecule has 88 heavy (non-hydrogen) atoms. The lowest BCUT2D eigenvalue weighted by Gasteiger charge is -2.43. The van der Waals surface area contributed by atoms with Gasteiger partial charge in [-0.05, 0) is 101 Å². The molecule has 0 aliphatic heterocycles. The third kappa shape index (κ3) is 18.3. The molecule has 0 saturated heterocycles. The molecule has 13 heteroatoms. The molecule has 0 radical (unpaired) electrons. The molecule has 0 heterocycles. The van der Waals surface area contributed by atoms with Gasteiger partial charge in [0.25, 0.3) is 0 Å². The van der Waals surface area contributed by atoms with Crippen LogP contribution in [0.2, 0.25) is 0 Å². The van der Waals surface area contributed by atoms with Crippen LogP contribution >= 0.6 is 15.6 Å². The molecule has 9 rings (SSSR count). The van der Waals surface area contributed by atoms with E-state index >= 15 is 4.57 Å². The van der Waals surface area contributed by atoms with Crippen molar-refractivity contribution in [1.82, 2.24) is 0 Å². The largest absolute Gasteiger partial charge is 0.474 e. The molecule has 0 amide bonds. The van der Waals surface area contributed by atoms with E-state index in [0.717, 1.165) is 85.2 Å². The molecule has 0 saturated carbocycles. The minimum Gasteiger partial charge on any atom is -0.316 e. The first-order valence-electron chi connectivity index (χ1n) is 30.9. The van der Waals surface area contributed by atoms with Gasteiger partial charge in [0.1, 0.15) is 0 Å². The van der Waals surface area contributed by atoms with Crippen LogP contribution in [0.15, 0.2) is 273 Å². The Morgan fingerprint density at radius 3 is 0.534 bits per heavy atom. The van der Waals surface area contributed by atoms with Crippen molar-refractivity contribution in [3.05, 3.63) is 273 Å². The Morgan fingerprint density at radius 2 is 0.398 bits per heavy atom. The number of benzene rings is 9. The second kappa shape index (κ2) is 31.1. The molecule has 0 N–H and O–H groups in total. The predicted molar refractivity (Wildman–Crippen MR) is 374 cm³/mol. The molecule has 0 atom stereocenters. The van der Waals surface area contributed by atoms with Crippen molar-refractivity contribution in [2.24, 2.45) is 16.2 Å². The highest BCUT2D eigenvalue weighted by atomic mass is 31.2. The van der Waals surface area contributed by atoms with Gasteiger partial charge in [0, 0.05) is 0 Å². The maximum absolute atomic E-state index is 17.9. The molecule has 0 fully saturated rings. The third-order valence-electron chi connectivity index (χ3n) is 15.3. The van der Waals surface area contributed by atoms with Gasteiger partial charge in [0.2, 0.25) is 0 Å². The lowest BCUT2D eigenvalue weighted by atomic mass is 9.91. The van der Waals surface area contributed by atoms with Crippen molar-refractivity contribution in [3.63, 3.8) is 0 Å². The summed E-state index contributed by atoms with van der Waals surface area (Å²) in [5, 5.41) is 8.15. The highest BCUT2D eigenvalue weighted by molar-refractivity contribution is 7.56. The lowest BCUT2D eigenvalue weighted by molar-refractivity contribution is 0.101. The Bertz CT molecular complexity index is 2890. The first-order chi connectivity index (χ1) is 42.2. The van der Waals surface area contributed by atoms with Crippen LogP contribution in [0.3, 0.4) is 0 Å². The fraction of sp³-hybridized carbons (Fsp3) is 0.280. The van der Waals surface area contributed by atoms with E-state index in [1.165, 1.54) is 0 Å². The van der Waals surface area contributed by atoms with Gasteiger partial charge in [0.15, 0.2) is 0 Å². The minimum atomic E-state index is -4.89. The zero-order valence-electron chi connectivity index (χ0n) is 53.0. The number of phosphoric acid groups is 2. The van der Waals surface area contributed by atoms with Crippen LogP contribution in [-0.4, -0.2) is 44.8 Å². The average Bonchev–Trinajstić information content (AvgIpc) is 0.874. The zero-order valence-corrected chi connectivity index (χ0v) is 57.8. The van der Waals surface area contributed by atoms with E-state index in [9.17, 15) is 4.57 Å². The lowest BCUT2D eigenvalue weighted by Crippen LogP contribution is -2.73. The van der Waals surface area contributed by atoms with Crippen LogP contribution in [0.1, 0.15) is 101 Å². The van der Waals surface area contributed by atoms with Crippen LogP contribution in [-0.2, 0) is 35.3 Å². The first-order valence-corrected chi connectivity index (χ1v) is 39.6. The quantitative estimate of drug-likeness (QED) is 0.0218. The van der Waals surface area contributed by atoms with E-state index in [1.807, 2.05) is 164 Å². The van der Waals surface area contributed by atoms with Crippen molar-refractivity contribution in [1.29, 1.82) is 0 Å². The Hall–Kier alpha value is -6.15. The van der Waals surface area contributed by atoms with Crippen LogP contribution in [0.4, 0.5) is 0 Å². The topological polar surface area (TPSA) is 89.5 Å². The van der Waals surface area contributed by atoms with Crippen LogP contribution in [0, 0.1) is 16.2 Å². The number of hydrogen-bond acceptors (Lipinski definition) is 8. The smallest absolute Gasteiger partial charge is 0.316 e. The second-order valence-electron chi connectivity index (χ2n) is 26.0. The van der Waals surface area contributed by atoms with Gasteiger partial charge >= 0.3 is 40.6 Å². The minimum absolute atomic E-state index is 0.245. The maximum atomic E-state index is 17.9. The molecule has 0 spiro atoms. The summed E-state index contributed by atoms with van der Waals surface area (Å²) in [5.41, 5.74) is 0.734. The summed E-state index contributed by atoms with van der Waals surface area (Å²) < 4.78 is 71.4. The second-order valence-corrected chi connectivity index (χ2v) is 40.0. The fourth-order valence-corrected chi connectivity index (χ4v) is 30.5. The van der Waals surface area contributed by atoms with Crippen molar-refractivity contribution in [2.75, 3.05) is 19.8 Å². The average molecular weight is 1270 g/mol. The molecule has 9 aromatic rings. The Labute approximate surface area is 529 Å².